The predicted molar refractivity (Wildman–Crippen MR) is 90.5 cm³/mol. The number of hydrogen-bond donors (Lipinski definition) is 1. The van der Waals surface area contributed by atoms with E-state index in [4.69, 9.17) is 0 Å². The molecule has 1 fully saturated rings. The highest BCUT2D eigenvalue weighted by atomic mass is 32.1. The molecule has 0 amide bonds. The van der Waals surface area contributed by atoms with E-state index in [2.05, 4.69) is 41.2 Å². The van der Waals surface area contributed by atoms with Gasteiger partial charge in [-0.05, 0) is 48.6 Å². The zero-order valence-electron chi connectivity index (χ0n) is 12.1. The first-order valence-corrected chi connectivity index (χ1v) is 9.43. The molecular weight excluding hydrogens is 282 g/mol. The monoisotopic (exact) mass is 305 g/mol. The quantitative estimate of drug-likeness (QED) is 0.765. The molecule has 108 valence electrons. The molecule has 1 aliphatic carbocycles. The van der Waals surface area contributed by atoms with Crippen molar-refractivity contribution in [2.75, 3.05) is 0 Å². The summed E-state index contributed by atoms with van der Waals surface area (Å²) in [6, 6.07) is 7.33. The Kier molecular flexibility index (Phi) is 4.92. The molecule has 1 unspecified atom stereocenters. The van der Waals surface area contributed by atoms with Gasteiger partial charge >= 0.3 is 0 Å². The summed E-state index contributed by atoms with van der Waals surface area (Å²) in [6.45, 7) is 3.39. The van der Waals surface area contributed by atoms with E-state index in [1.54, 1.807) is 0 Å². The van der Waals surface area contributed by atoms with E-state index in [0.717, 1.165) is 12.5 Å². The van der Waals surface area contributed by atoms with Gasteiger partial charge in [0.15, 0.2) is 0 Å². The van der Waals surface area contributed by atoms with Gasteiger partial charge in [0.2, 0.25) is 0 Å². The molecule has 1 aliphatic rings. The Balaban J connectivity index is 1.53. The molecule has 0 aliphatic heterocycles. The fraction of sp³-hybridized carbons (Fsp3) is 0.529. The number of thiophene rings is 2. The first-order chi connectivity index (χ1) is 9.83. The minimum atomic E-state index is 0.655. The van der Waals surface area contributed by atoms with E-state index >= 15 is 0 Å². The highest BCUT2D eigenvalue weighted by Gasteiger charge is 2.19. The lowest BCUT2D eigenvalue weighted by atomic mass is 9.84. The van der Waals surface area contributed by atoms with Gasteiger partial charge in [0.25, 0.3) is 0 Å². The maximum absolute atomic E-state index is 3.74. The van der Waals surface area contributed by atoms with Gasteiger partial charge in [0.05, 0.1) is 0 Å². The van der Waals surface area contributed by atoms with Crippen LogP contribution in [0.15, 0.2) is 29.0 Å². The molecule has 2 aromatic heterocycles. The van der Waals surface area contributed by atoms with Crippen LogP contribution in [0.2, 0.25) is 0 Å². The van der Waals surface area contributed by atoms with Gasteiger partial charge in [-0.25, -0.2) is 0 Å². The smallest absolute Gasteiger partial charge is 0.0351 e. The van der Waals surface area contributed by atoms with Crippen LogP contribution in [0.3, 0.4) is 0 Å². The minimum Gasteiger partial charge on any atom is -0.309 e. The molecule has 1 nitrogen and oxygen atoms in total. The Hall–Kier alpha value is -0.640. The molecule has 0 spiro atoms. The normalized spacial score (nSPS) is 18.2. The molecule has 1 N–H and O–H groups in total. The molecular formula is C17H23NS2. The maximum atomic E-state index is 3.74. The second kappa shape index (κ2) is 6.88. The summed E-state index contributed by atoms with van der Waals surface area (Å²) in [5.41, 5.74) is 1.38. The van der Waals surface area contributed by atoms with Crippen LogP contribution in [-0.2, 0) is 6.54 Å². The second-order valence-corrected chi connectivity index (χ2v) is 7.79. The molecule has 1 atom stereocenters. The van der Waals surface area contributed by atoms with Crippen molar-refractivity contribution >= 4 is 22.7 Å². The van der Waals surface area contributed by atoms with Crippen LogP contribution < -0.4 is 5.32 Å². The summed E-state index contributed by atoms with van der Waals surface area (Å²) in [6.07, 6.45) is 7.13. The SMILES string of the molecule is CC(NCc1cc(-c2cccs2)cs1)C1CCCCC1. The first kappa shape index (κ1) is 14.3. The van der Waals surface area contributed by atoms with Crippen LogP contribution in [0, 0.1) is 5.92 Å². The third-order valence-corrected chi connectivity index (χ3v) is 6.27. The summed E-state index contributed by atoms with van der Waals surface area (Å²) in [4.78, 5) is 2.84. The average Bonchev–Trinajstić information content (AvgIpc) is 3.16. The standard InChI is InChI=1S/C17H23NS2/c1-13(14-6-3-2-4-7-14)18-11-16-10-15(12-20-16)17-8-5-9-19-17/h5,8-10,12-14,18H,2-4,6-7,11H2,1H3. The van der Waals surface area contributed by atoms with Crippen molar-refractivity contribution < 1.29 is 0 Å². The largest absolute Gasteiger partial charge is 0.309 e. The molecule has 3 rings (SSSR count). The Morgan fingerprint density at radius 2 is 2.10 bits per heavy atom. The van der Waals surface area contributed by atoms with E-state index < -0.39 is 0 Å². The summed E-state index contributed by atoms with van der Waals surface area (Å²) < 4.78 is 0. The lowest BCUT2D eigenvalue weighted by molar-refractivity contribution is 0.281. The van der Waals surface area contributed by atoms with E-state index in [0.29, 0.717) is 6.04 Å². The van der Waals surface area contributed by atoms with Gasteiger partial charge < -0.3 is 5.32 Å². The van der Waals surface area contributed by atoms with Crippen molar-refractivity contribution in [3.05, 3.63) is 33.8 Å². The molecule has 3 heteroatoms. The summed E-state index contributed by atoms with van der Waals surface area (Å²) in [5.74, 6) is 0.889. The maximum Gasteiger partial charge on any atom is 0.0351 e. The van der Waals surface area contributed by atoms with Crippen molar-refractivity contribution in [3.63, 3.8) is 0 Å². The van der Waals surface area contributed by atoms with Crippen LogP contribution in [0.5, 0.6) is 0 Å². The van der Waals surface area contributed by atoms with E-state index in [1.807, 2.05) is 22.7 Å². The molecule has 20 heavy (non-hydrogen) atoms. The van der Waals surface area contributed by atoms with Crippen molar-refractivity contribution in [2.24, 2.45) is 5.92 Å². The average molecular weight is 306 g/mol. The first-order valence-electron chi connectivity index (χ1n) is 7.67. The van der Waals surface area contributed by atoms with Crippen LogP contribution in [-0.4, -0.2) is 6.04 Å². The minimum absolute atomic E-state index is 0.655. The van der Waals surface area contributed by atoms with Gasteiger partial charge in [-0.1, -0.05) is 25.3 Å². The number of hydrogen-bond acceptors (Lipinski definition) is 3. The van der Waals surface area contributed by atoms with Crippen LogP contribution in [0.4, 0.5) is 0 Å². The van der Waals surface area contributed by atoms with Crippen molar-refractivity contribution in [1.29, 1.82) is 0 Å². The molecule has 0 radical (unpaired) electrons. The second-order valence-electron chi connectivity index (χ2n) is 5.85. The third kappa shape index (κ3) is 3.51. The van der Waals surface area contributed by atoms with Gasteiger partial charge in [-0.3, -0.25) is 0 Å². The highest BCUT2D eigenvalue weighted by Crippen LogP contribution is 2.30. The fourth-order valence-corrected chi connectivity index (χ4v) is 4.73. The van der Waals surface area contributed by atoms with Crippen LogP contribution in [0.25, 0.3) is 10.4 Å². The van der Waals surface area contributed by atoms with Gasteiger partial charge in [0, 0.05) is 27.9 Å². The van der Waals surface area contributed by atoms with E-state index in [1.165, 1.54) is 47.4 Å². The van der Waals surface area contributed by atoms with Gasteiger partial charge in [-0.2, -0.15) is 0 Å². The highest BCUT2D eigenvalue weighted by molar-refractivity contribution is 7.14. The Bertz CT molecular complexity index is 509. The molecule has 1 saturated carbocycles. The summed E-state index contributed by atoms with van der Waals surface area (Å²) in [7, 11) is 0. The molecule has 0 bridgehead atoms. The van der Waals surface area contributed by atoms with Crippen LogP contribution >= 0.6 is 22.7 Å². The Morgan fingerprint density at radius 1 is 1.25 bits per heavy atom. The Labute approximate surface area is 130 Å². The van der Waals surface area contributed by atoms with Gasteiger partial charge in [0.1, 0.15) is 0 Å². The number of rotatable bonds is 5. The van der Waals surface area contributed by atoms with Crippen molar-refractivity contribution in [3.8, 4) is 10.4 Å². The van der Waals surface area contributed by atoms with E-state index in [-0.39, 0.29) is 0 Å². The summed E-state index contributed by atoms with van der Waals surface area (Å²) >= 11 is 3.70. The van der Waals surface area contributed by atoms with E-state index in [9.17, 15) is 0 Å². The lowest BCUT2D eigenvalue weighted by Gasteiger charge is -2.28. The molecule has 2 heterocycles. The zero-order valence-corrected chi connectivity index (χ0v) is 13.7. The van der Waals surface area contributed by atoms with Crippen molar-refractivity contribution in [1.82, 2.24) is 5.32 Å². The predicted octanol–water partition coefficient (Wildman–Crippen LogP) is 5.54. The third-order valence-electron chi connectivity index (χ3n) is 4.41. The lowest BCUT2D eigenvalue weighted by Crippen LogP contribution is -2.33. The Morgan fingerprint density at radius 3 is 2.85 bits per heavy atom. The van der Waals surface area contributed by atoms with Crippen molar-refractivity contribution in [2.45, 2.75) is 51.6 Å². The fourth-order valence-electron chi connectivity index (χ4n) is 3.11. The van der Waals surface area contributed by atoms with Gasteiger partial charge in [-0.15, -0.1) is 22.7 Å². The molecule has 0 saturated heterocycles. The molecule has 2 aromatic rings. The molecule has 0 aromatic carbocycles. The zero-order chi connectivity index (χ0) is 13.8. The number of nitrogens with one attached hydrogen (secondary N) is 1. The summed E-state index contributed by atoms with van der Waals surface area (Å²) in [5, 5.41) is 8.18. The van der Waals surface area contributed by atoms with Crippen LogP contribution in [0.1, 0.15) is 43.9 Å². The topological polar surface area (TPSA) is 12.0 Å².